The first-order chi connectivity index (χ1) is 13.0. The molecule has 0 spiro atoms. The largest absolute Gasteiger partial charge is 0.321 e. The van der Waals surface area contributed by atoms with E-state index in [-0.39, 0.29) is 17.2 Å². The summed E-state index contributed by atoms with van der Waals surface area (Å²) in [6.45, 7) is 0. The highest BCUT2D eigenvalue weighted by molar-refractivity contribution is 9.10. The summed E-state index contributed by atoms with van der Waals surface area (Å²) >= 11 is 4.97. The van der Waals surface area contributed by atoms with E-state index in [1.165, 1.54) is 6.07 Å². The van der Waals surface area contributed by atoms with Crippen molar-refractivity contribution >= 4 is 39.3 Å². The Morgan fingerprint density at radius 1 is 1.41 bits per heavy atom. The number of nitrogens with one attached hydrogen (secondary N) is 2. The molecule has 2 aromatic rings. The molecule has 5 nitrogen and oxygen atoms in total. The third kappa shape index (κ3) is 3.63. The molecule has 1 aliphatic carbocycles. The van der Waals surface area contributed by atoms with Crippen LogP contribution in [0.1, 0.15) is 35.3 Å². The van der Waals surface area contributed by atoms with Crippen molar-refractivity contribution in [1.82, 2.24) is 10.3 Å². The van der Waals surface area contributed by atoms with E-state index in [9.17, 15) is 9.18 Å². The first-order valence-corrected chi connectivity index (χ1v) is 10.7. The molecule has 4 rings (SSSR count). The molecule has 3 atom stereocenters. The van der Waals surface area contributed by atoms with Crippen LogP contribution in [-0.4, -0.2) is 22.1 Å². The number of benzene rings is 1. The van der Waals surface area contributed by atoms with Gasteiger partial charge in [0.15, 0.2) is 0 Å². The van der Waals surface area contributed by atoms with E-state index in [4.69, 9.17) is 5.73 Å². The number of nitrogens with two attached hydrogens (primary N) is 1. The molecule has 1 amide bonds. The molecule has 8 heteroatoms. The monoisotopic (exact) mass is 450 g/mol. The van der Waals surface area contributed by atoms with Crippen LogP contribution >= 0.6 is 27.7 Å². The quantitative estimate of drug-likeness (QED) is 0.662. The van der Waals surface area contributed by atoms with Crippen LogP contribution in [0.5, 0.6) is 0 Å². The van der Waals surface area contributed by atoms with E-state index >= 15 is 0 Å². The molecule has 2 heterocycles. The number of hydrogen-bond acceptors (Lipinski definition) is 5. The first-order valence-electron chi connectivity index (χ1n) is 8.86. The summed E-state index contributed by atoms with van der Waals surface area (Å²) in [5.74, 6) is 0.640. The van der Waals surface area contributed by atoms with E-state index < -0.39 is 5.54 Å². The van der Waals surface area contributed by atoms with Crippen LogP contribution in [-0.2, 0) is 5.54 Å². The number of thioether (sulfide) groups is 1. The zero-order valence-corrected chi connectivity index (χ0v) is 16.9. The van der Waals surface area contributed by atoms with Crippen LogP contribution in [0.15, 0.2) is 41.0 Å². The summed E-state index contributed by atoms with van der Waals surface area (Å²) in [6.07, 6.45) is 4.49. The van der Waals surface area contributed by atoms with E-state index in [0.717, 1.165) is 29.5 Å². The Morgan fingerprint density at radius 2 is 2.26 bits per heavy atom. The van der Waals surface area contributed by atoms with Crippen LogP contribution in [0.2, 0.25) is 0 Å². The van der Waals surface area contributed by atoms with Gasteiger partial charge in [-0.2, -0.15) is 0 Å². The van der Waals surface area contributed by atoms with Gasteiger partial charge in [-0.25, -0.2) is 9.37 Å². The summed E-state index contributed by atoms with van der Waals surface area (Å²) in [6, 6.07) is 8.12. The van der Waals surface area contributed by atoms with E-state index in [0.29, 0.717) is 22.9 Å². The van der Waals surface area contributed by atoms with Crippen LogP contribution in [0.4, 0.5) is 10.1 Å². The molecule has 1 unspecified atom stereocenters. The van der Waals surface area contributed by atoms with Gasteiger partial charge in [-0.1, -0.05) is 6.42 Å². The Morgan fingerprint density at radius 3 is 3.04 bits per heavy atom. The minimum atomic E-state index is -0.467. The maximum Gasteiger partial charge on any atom is 0.274 e. The van der Waals surface area contributed by atoms with Crippen molar-refractivity contribution in [2.45, 2.75) is 30.3 Å². The number of halogens is 2. The highest BCUT2D eigenvalue weighted by atomic mass is 79.9. The van der Waals surface area contributed by atoms with Gasteiger partial charge in [0.1, 0.15) is 17.0 Å². The zero-order valence-electron chi connectivity index (χ0n) is 14.5. The number of carbonyl (C=O) groups is 1. The van der Waals surface area contributed by atoms with Gasteiger partial charge in [0.2, 0.25) is 0 Å². The summed E-state index contributed by atoms with van der Waals surface area (Å²) in [5, 5.41) is 6.26. The van der Waals surface area contributed by atoms with Crippen molar-refractivity contribution in [3.8, 4) is 0 Å². The normalized spacial score (nSPS) is 27.2. The van der Waals surface area contributed by atoms with Crippen molar-refractivity contribution in [3.05, 3.63) is 58.1 Å². The molecule has 142 valence electrons. The van der Waals surface area contributed by atoms with Gasteiger partial charge < -0.3 is 11.1 Å². The number of rotatable bonds is 3. The number of anilines is 1. The molecule has 1 saturated heterocycles. The van der Waals surface area contributed by atoms with Gasteiger partial charge in [-0.05, 0) is 65.0 Å². The number of pyridine rings is 1. The average Bonchev–Trinajstić information content (AvgIpc) is 3.07. The lowest BCUT2D eigenvalue weighted by Gasteiger charge is -2.43. The van der Waals surface area contributed by atoms with Crippen molar-refractivity contribution in [3.63, 3.8) is 0 Å². The van der Waals surface area contributed by atoms with Crippen molar-refractivity contribution in [2.24, 2.45) is 11.7 Å². The molecular weight excluding hydrogens is 431 g/mol. The molecular formula is C19H20BrFN4OS. The topological polar surface area (TPSA) is 80.0 Å². The van der Waals surface area contributed by atoms with Gasteiger partial charge in [0.05, 0.1) is 5.54 Å². The zero-order chi connectivity index (χ0) is 19.0. The third-order valence-electron chi connectivity index (χ3n) is 5.36. The minimum absolute atomic E-state index is 0.219. The maximum absolute atomic E-state index is 14.8. The lowest BCUT2D eigenvalue weighted by atomic mass is 9.80. The second-order valence-corrected chi connectivity index (χ2v) is 9.06. The first kappa shape index (κ1) is 18.9. The summed E-state index contributed by atoms with van der Waals surface area (Å²) in [5.41, 5.74) is 6.87. The lowest BCUT2D eigenvalue weighted by Crippen LogP contribution is -2.57. The highest BCUT2D eigenvalue weighted by Gasteiger charge is 2.49. The molecule has 1 aromatic carbocycles. The SMILES string of the molecule is NC1N[C@@]2(c3cc(NC(=O)c4ccc(Br)cn4)ccc3F)CCC[C@H]2CS1. The predicted octanol–water partition coefficient (Wildman–Crippen LogP) is 3.81. The van der Waals surface area contributed by atoms with Crippen LogP contribution in [0, 0.1) is 11.7 Å². The highest BCUT2D eigenvalue weighted by Crippen LogP contribution is 2.49. The summed E-state index contributed by atoms with van der Waals surface area (Å²) in [4.78, 5) is 16.6. The fourth-order valence-corrected chi connectivity index (χ4v) is 5.51. The van der Waals surface area contributed by atoms with Crippen LogP contribution < -0.4 is 16.4 Å². The van der Waals surface area contributed by atoms with Gasteiger partial charge in [0, 0.05) is 27.7 Å². The smallest absolute Gasteiger partial charge is 0.274 e. The number of aromatic nitrogens is 1. The number of hydrogen-bond donors (Lipinski definition) is 3. The molecule has 1 saturated carbocycles. The number of amides is 1. The predicted molar refractivity (Wildman–Crippen MR) is 109 cm³/mol. The fourth-order valence-electron chi connectivity index (χ4n) is 4.09. The van der Waals surface area contributed by atoms with Crippen molar-refractivity contribution < 1.29 is 9.18 Å². The van der Waals surface area contributed by atoms with E-state index in [1.54, 1.807) is 42.2 Å². The Hall–Kier alpha value is -1.48. The Bertz CT molecular complexity index is 865. The molecule has 1 aliphatic heterocycles. The van der Waals surface area contributed by atoms with Gasteiger partial charge in [-0.15, -0.1) is 11.8 Å². The Labute approximate surface area is 169 Å². The van der Waals surface area contributed by atoms with Crippen LogP contribution in [0.25, 0.3) is 0 Å². The van der Waals surface area contributed by atoms with Gasteiger partial charge in [-0.3, -0.25) is 10.1 Å². The second kappa shape index (κ2) is 7.50. The van der Waals surface area contributed by atoms with Crippen molar-refractivity contribution in [1.29, 1.82) is 0 Å². The summed E-state index contributed by atoms with van der Waals surface area (Å²) in [7, 11) is 0. The van der Waals surface area contributed by atoms with Crippen molar-refractivity contribution in [2.75, 3.05) is 11.1 Å². The molecule has 27 heavy (non-hydrogen) atoms. The lowest BCUT2D eigenvalue weighted by molar-refractivity contribution is 0.102. The molecule has 0 radical (unpaired) electrons. The summed E-state index contributed by atoms with van der Waals surface area (Å²) < 4.78 is 15.6. The maximum atomic E-state index is 14.8. The average molecular weight is 451 g/mol. The molecule has 2 aliphatic rings. The molecule has 2 fully saturated rings. The van der Waals surface area contributed by atoms with E-state index in [2.05, 4.69) is 31.5 Å². The second-order valence-electron chi connectivity index (χ2n) is 6.97. The Balaban J connectivity index is 1.63. The Kier molecular flexibility index (Phi) is 5.24. The minimum Gasteiger partial charge on any atom is -0.321 e. The van der Waals surface area contributed by atoms with E-state index in [1.807, 2.05) is 0 Å². The number of nitrogens with zero attached hydrogens (tertiary/aromatic N) is 1. The third-order valence-corrected chi connectivity index (χ3v) is 6.90. The molecule has 0 bridgehead atoms. The number of carbonyl (C=O) groups excluding carboxylic acids is 1. The van der Waals surface area contributed by atoms with Gasteiger partial charge in [0.25, 0.3) is 5.91 Å². The number of fused-ring (bicyclic) bond motifs is 1. The van der Waals surface area contributed by atoms with Gasteiger partial charge >= 0.3 is 0 Å². The standard InChI is InChI=1S/C19H20BrFN4OS/c20-12-3-6-16(23-9-12)17(26)24-13-4-5-15(21)14(8-13)19-7-1-2-11(19)10-27-18(22)25-19/h3-6,8-9,11,18,25H,1-2,7,10,22H2,(H,24,26)/t11-,18?,19-/m0/s1. The molecule has 4 N–H and O–H groups in total. The molecule has 1 aromatic heterocycles. The van der Waals surface area contributed by atoms with Crippen LogP contribution in [0.3, 0.4) is 0 Å². The fraction of sp³-hybridized carbons (Fsp3) is 0.368.